The van der Waals surface area contributed by atoms with Gasteiger partial charge in [0, 0.05) is 54.2 Å². The Morgan fingerprint density at radius 3 is 2.18 bits per heavy atom. The van der Waals surface area contributed by atoms with Crippen LogP contribution >= 0.6 is 0 Å². The van der Waals surface area contributed by atoms with E-state index >= 15 is 0 Å². The second kappa shape index (κ2) is 15.4. The topological polar surface area (TPSA) is 198 Å². The van der Waals surface area contributed by atoms with E-state index in [0.717, 1.165) is 16.7 Å². The second-order valence-electron chi connectivity index (χ2n) is 15.9. The van der Waals surface area contributed by atoms with Crippen LogP contribution < -0.4 is 15.5 Å². The van der Waals surface area contributed by atoms with Gasteiger partial charge in [-0.3, -0.25) is 14.4 Å². The molecule has 13 heteroatoms. The van der Waals surface area contributed by atoms with Gasteiger partial charge in [-0.15, -0.1) is 0 Å². The lowest BCUT2D eigenvalue weighted by Gasteiger charge is -2.36. The number of Topliss-reactive ketones (excluding diaryl/α,β-unsaturated/α-hetero) is 1. The van der Waals surface area contributed by atoms with Crippen LogP contribution in [0.1, 0.15) is 74.2 Å². The molecule has 6 rings (SSSR count). The number of nitrogens with zero attached hydrogens (tertiary/aromatic N) is 1. The number of aromatic hydroxyl groups is 1. The zero-order chi connectivity index (χ0) is 42.0. The molecule has 0 fully saturated rings. The normalized spacial score (nSPS) is 30.9. The molecule has 304 valence electrons. The molecule has 0 spiro atoms. The Hall–Kier alpha value is -5.08. The number of carbonyl (C=O) groups excluding carboxylic acids is 2. The Labute approximate surface area is 331 Å². The lowest BCUT2D eigenvalue weighted by atomic mass is 9.78. The van der Waals surface area contributed by atoms with Crippen molar-refractivity contribution in [2.45, 2.75) is 99.4 Å². The number of ketones is 1. The first-order chi connectivity index (χ1) is 26.7. The van der Waals surface area contributed by atoms with Gasteiger partial charge in [-0.05, 0) is 63.5 Å². The molecule has 5 N–H and O–H groups in total. The lowest BCUT2D eigenvalue weighted by Crippen LogP contribution is -2.44. The molecule has 0 radical (unpaired) electrons. The van der Waals surface area contributed by atoms with Gasteiger partial charge in [0.25, 0.3) is 11.7 Å². The van der Waals surface area contributed by atoms with Crippen LogP contribution in [-0.4, -0.2) is 74.4 Å². The molecule has 3 aliphatic heterocycles. The number of nitrogens with one attached hydrogen (secondary N) is 1. The molecule has 2 aromatic carbocycles. The molecule has 0 saturated heterocycles. The first-order valence-corrected chi connectivity index (χ1v) is 19.1. The summed E-state index contributed by atoms with van der Waals surface area (Å²) in [5.74, 6) is -6.33. The third-order valence-electron chi connectivity index (χ3n) is 12.2. The van der Waals surface area contributed by atoms with Gasteiger partial charge in [-0.2, -0.15) is 0 Å². The van der Waals surface area contributed by atoms with Gasteiger partial charge in [-0.25, -0.2) is 4.98 Å². The summed E-state index contributed by atoms with van der Waals surface area (Å²) in [4.78, 5) is 47.9. The van der Waals surface area contributed by atoms with Crippen molar-refractivity contribution in [2.24, 2.45) is 23.7 Å². The van der Waals surface area contributed by atoms with Crippen LogP contribution in [0.2, 0.25) is 0 Å². The van der Waals surface area contributed by atoms with Crippen LogP contribution in [0.4, 0.5) is 5.69 Å². The predicted molar refractivity (Wildman–Crippen MR) is 216 cm³/mol. The lowest BCUT2D eigenvalue weighted by molar-refractivity contribution is -0.112. The molecule has 4 bridgehead atoms. The van der Waals surface area contributed by atoms with E-state index in [0.29, 0.717) is 11.1 Å². The average molecular weight is 785 g/mol. The maximum atomic E-state index is 14.6. The molecule has 0 unspecified atom stereocenters. The van der Waals surface area contributed by atoms with Crippen LogP contribution in [0.25, 0.3) is 33.3 Å². The summed E-state index contributed by atoms with van der Waals surface area (Å²) < 4.78 is 24.3. The maximum Gasteiger partial charge on any atom is 0.312 e. The van der Waals surface area contributed by atoms with Gasteiger partial charge < -0.3 is 44.4 Å². The van der Waals surface area contributed by atoms with E-state index in [9.17, 15) is 34.8 Å². The SMILES string of the molecule is CO[C@H]1/C=C/O[C@@]2(C)Oc3c(C)c(O)c4c(=O)c(c5oc6cc(C)c(C)c(C)c6nc-5c4c3C2=O)NC(=O)/C(C)=C\C=C\[C@H](C)[C@H](O)[C@@H](C)[C@@H](O)[C@@H](C)[C@H](O)[C@@H]1C. The average Bonchev–Trinajstić information content (AvgIpc) is 3.45. The molecular weight excluding hydrogens is 732 g/mol. The minimum atomic E-state index is -1.99. The van der Waals surface area contributed by atoms with Crippen LogP contribution in [-0.2, 0) is 14.3 Å². The highest BCUT2D eigenvalue weighted by atomic mass is 16.7. The van der Waals surface area contributed by atoms with Gasteiger partial charge >= 0.3 is 5.79 Å². The Bertz CT molecular complexity index is 2410. The molecule has 1 aliphatic carbocycles. The molecule has 9 atom stereocenters. The largest absolute Gasteiger partial charge is 0.507 e. The number of benzene rings is 3. The fourth-order valence-corrected chi connectivity index (χ4v) is 7.96. The van der Waals surface area contributed by atoms with Gasteiger partial charge in [0.15, 0.2) is 11.3 Å². The fourth-order valence-electron chi connectivity index (χ4n) is 7.96. The number of allylic oxidation sites excluding steroid dienone is 2. The number of amides is 1. The highest BCUT2D eigenvalue weighted by molar-refractivity contribution is 6.22. The number of aryl methyl sites for hydroxylation is 2. The molecule has 0 aromatic heterocycles. The van der Waals surface area contributed by atoms with Crippen LogP contribution in [0, 0.1) is 51.4 Å². The number of anilines is 1. The van der Waals surface area contributed by atoms with Crippen molar-refractivity contribution in [3.05, 3.63) is 80.2 Å². The van der Waals surface area contributed by atoms with Gasteiger partial charge in [-0.1, -0.05) is 45.9 Å². The van der Waals surface area contributed by atoms with Crippen molar-refractivity contribution in [3.63, 3.8) is 0 Å². The summed E-state index contributed by atoms with van der Waals surface area (Å²) in [5, 5.41) is 48.0. The van der Waals surface area contributed by atoms with E-state index in [-0.39, 0.29) is 50.4 Å². The highest BCUT2D eigenvalue weighted by Gasteiger charge is 2.50. The zero-order valence-corrected chi connectivity index (χ0v) is 34.2. The predicted octanol–water partition coefficient (Wildman–Crippen LogP) is 6.30. The van der Waals surface area contributed by atoms with Crippen LogP contribution in [0.3, 0.4) is 0 Å². The maximum absolute atomic E-state index is 14.6. The molecule has 0 saturated carbocycles. The number of aliphatic hydroxyl groups is 3. The number of carbonyl (C=O) groups is 2. The number of ether oxygens (including phenoxy) is 3. The van der Waals surface area contributed by atoms with Crippen molar-refractivity contribution in [3.8, 4) is 23.0 Å². The Balaban J connectivity index is 1.62. The molecule has 13 nitrogen and oxygen atoms in total. The van der Waals surface area contributed by atoms with E-state index in [1.54, 1.807) is 52.8 Å². The monoisotopic (exact) mass is 784 g/mol. The highest BCUT2D eigenvalue weighted by Crippen LogP contribution is 2.50. The smallest absolute Gasteiger partial charge is 0.312 e. The Morgan fingerprint density at radius 1 is 0.860 bits per heavy atom. The number of phenolic OH excluding ortho intramolecular Hbond substituents is 1. The molecule has 4 aliphatic rings. The summed E-state index contributed by atoms with van der Waals surface area (Å²) in [6.07, 6.45) is 3.60. The first-order valence-electron chi connectivity index (χ1n) is 19.1. The molecule has 1 amide bonds. The van der Waals surface area contributed by atoms with Crippen LogP contribution in [0.5, 0.6) is 11.5 Å². The van der Waals surface area contributed by atoms with Crippen molar-refractivity contribution in [2.75, 3.05) is 12.4 Å². The standard InChI is InChI=1S/C44H52N2O11/c1-18-13-12-14-19(2)43(53)46-34-39(51)30-29(33-41(34)56-28-17-20(3)21(4)22(5)32(28)45-33)31-40(26(9)38(30)50)57-44(10,42(31)52)55-16-15-27(54-11)23(6)36(48)25(8)37(49)24(7)35(18)47/h12-18,23-25,27,35-37,47-50H,1-11H3,(H,46,53)/b13-12+,16-15+,19-14-/t18-,23+,24+,25-,27-,35-,36+,37+,44-/m0/s1. The number of aromatic nitrogens is 1. The summed E-state index contributed by atoms with van der Waals surface area (Å²) in [5.41, 5.74) is 2.61. The quantitative estimate of drug-likeness (QED) is 0.107. The van der Waals surface area contributed by atoms with Crippen LogP contribution in [0.15, 0.2) is 51.4 Å². The molecule has 57 heavy (non-hydrogen) atoms. The van der Waals surface area contributed by atoms with E-state index in [1.165, 1.54) is 39.4 Å². The number of methoxy groups -OCH3 is 1. The minimum absolute atomic E-state index is 0.0198. The first kappa shape index (κ1) is 41.6. The molecule has 3 heterocycles. The summed E-state index contributed by atoms with van der Waals surface area (Å²) in [7, 11) is 1.45. The minimum Gasteiger partial charge on any atom is -0.507 e. The number of rotatable bonds is 1. The number of aliphatic hydroxyl groups excluding tert-OH is 3. The van der Waals surface area contributed by atoms with E-state index in [4.69, 9.17) is 23.6 Å². The van der Waals surface area contributed by atoms with Gasteiger partial charge in [0.05, 0.1) is 41.6 Å². The Kier molecular flexibility index (Phi) is 11.2. The number of hydrogen-bond donors (Lipinski definition) is 5. The Morgan fingerprint density at radius 2 is 1.51 bits per heavy atom. The van der Waals surface area contributed by atoms with Gasteiger partial charge in [0.1, 0.15) is 28.4 Å². The number of phenols is 1. The van der Waals surface area contributed by atoms with E-state index in [2.05, 4.69) is 5.32 Å². The van der Waals surface area contributed by atoms with Crippen molar-refractivity contribution >= 4 is 39.2 Å². The molecule has 2 aromatic rings. The molecular formula is C44H52N2O11. The zero-order valence-electron chi connectivity index (χ0n) is 34.2. The van der Waals surface area contributed by atoms with Crippen molar-refractivity contribution in [1.29, 1.82) is 0 Å². The fraction of sp³-hybridized carbons (Fsp3) is 0.455. The third-order valence-corrected chi connectivity index (χ3v) is 12.2. The summed E-state index contributed by atoms with van der Waals surface area (Å²) in [6.45, 7) is 17.1. The van der Waals surface area contributed by atoms with Crippen molar-refractivity contribution in [1.82, 2.24) is 4.98 Å². The van der Waals surface area contributed by atoms with Crippen molar-refractivity contribution < 1.29 is 48.6 Å². The third kappa shape index (κ3) is 6.90. The van der Waals surface area contributed by atoms with E-state index in [1.807, 2.05) is 20.8 Å². The van der Waals surface area contributed by atoms with Gasteiger partial charge in [0.2, 0.25) is 5.43 Å². The number of fused-ring (bicyclic) bond motifs is 2. The van der Waals surface area contributed by atoms with E-state index < -0.39 is 76.7 Å². The number of hydrogen-bond acceptors (Lipinski definition) is 12. The summed E-state index contributed by atoms with van der Waals surface area (Å²) >= 11 is 0. The summed E-state index contributed by atoms with van der Waals surface area (Å²) in [6, 6.07) is 1.78. The second-order valence-corrected chi connectivity index (χ2v) is 15.9.